The van der Waals surface area contributed by atoms with Crippen molar-refractivity contribution in [1.29, 1.82) is 0 Å². The van der Waals surface area contributed by atoms with Crippen molar-refractivity contribution in [2.45, 2.75) is 13.0 Å². The largest absolute Gasteiger partial charge is 0.377 e. The first kappa shape index (κ1) is 8.51. The van der Waals surface area contributed by atoms with E-state index in [-0.39, 0.29) is 0 Å². The van der Waals surface area contributed by atoms with Gasteiger partial charge in [0.1, 0.15) is 0 Å². The summed E-state index contributed by atoms with van der Waals surface area (Å²) in [6.07, 6.45) is 3.70. The fourth-order valence-corrected chi connectivity index (χ4v) is 1.63. The Balaban J connectivity index is 2.15. The van der Waals surface area contributed by atoms with Crippen LogP contribution in [0.25, 0.3) is 0 Å². The molecule has 1 aliphatic rings. The Morgan fingerprint density at radius 2 is 2.54 bits per heavy atom. The number of ether oxygens (including phenoxy) is 1. The topological polar surface area (TPSA) is 25.4 Å². The zero-order valence-corrected chi connectivity index (χ0v) is 7.81. The molecule has 1 unspecified atom stereocenters. The van der Waals surface area contributed by atoms with E-state index in [9.17, 15) is 0 Å². The van der Waals surface area contributed by atoms with Crippen LogP contribution in [-0.4, -0.2) is 30.8 Å². The van der Waals surface area contributed by atoms with E-state index in [0.29, 0.717) is 6.04 Å². The number of aromatic nitrogens is 1. The molecule has 0 spiro atoms. The lowest BCUT2D eigenvalue weighted by atomic mass is 10.2. The van der Waals surface area contributed by atoms with Crippen molar-refractivity contribution in [3.05, 3.63) is 24.5 Å². The number of hydrogen-bond donors (Lipinski definition) is 0. The summed E-state index contributed by atoms with van der Waals surface area (Å²) in [4.78, 5) is 6.44. The number of pyridine rings is 1. The summed E-state index contributed by atoms with van der Waals surface area (Å²) in [5.74, 6) is 0. The molecule has 0 N–H and O–H groups in total. The molecular weight excluding hydrogens is 164 g/mol. The second kappa shape index (κ2) is 3.75. The molecule has 0 bridgehead atoms. The quantitative estimate of drug-likeness (QED) is 0.648. The summed E-state index contributed by atoms with van der Waals surface area (Å²) in [5, 5.41) is 0. The van der Waals surface area contributed by atoms with Gasteiger partial charge in [0.15, 0.2) is 0 Å². The van der Waals surface area contributed by atoms with Gasteiger partial charge in [-0.1, -0.05) is 0 Å². The highest BCUT2D eigenvalue weighted by Gasteiger charge is 2.18. The number of rotatable bonds is 1. The minimum absolute atomic E-state index is 0.456. The standard InChI is InChI=1S/C10H14N2O/c1-9-8-13-6-5-12(9)10-3-2-4-11-7-10/h2-4,7,9H,5-6,8H2,1H3. The molecule has 3 nitrogen and oxygen atoms in total. The van der Waals surface area contributed by atoms with Crippen LogP contribution in [0, 0.1) is 0 Å². The maximum atomic E-state index is 5.37. The summed E-state index contributed by atoms with van der Waals surface area (Å²) in [6, 6.07) is 4.52. The van der Waals surface area contributed by atoms with E-state index in [0.717, 1.165) is 19.8 Å². The summed E-state index contributed by atoms with van der Waals surface area (Å²) >= 11 is 0. The summed E-state index contributed by atoms with van der Waals surface area (Å²) in [6.45, 7) is 4.77. The van der Waals surface area contributed by atoms with Gasteiger partial charge < -0.3 is 9.64 Å². The van der Waals surface area contributed by atoms with Gasteiger partial charge in [0, 0.05) is 18.8 Å². The highest BCUT2D eigenvalue weighted by Crippen LogP contribution is 2.17. The third-order valence-corrected chi connectivity index (χ3v) is 2.35. The van der Waals surface area contributed by atoms with Crippen LogP contribution < -0.4 is 4.90 Å². The van der Waals surface area contributed by atoms with Crippen molar-refractivity contribution in [1.82, 2.24) is 4.98 Å². The van der Waals surface area contributed by atoms with E-state index in [1.165, 1.54) is 5.69 Å². The minimum Gasteiger partial charge on any atom is -0.377 e. The third-order valence-electron chi connectivity index (χ3n) is 2.35. The van der Waals surface area contributed by atoms with Gasteiger partial charge in [-0.05, 0) is 19.1 Å². The molecule has 70 valence electrons. The van der Waals surface area contributed by atoms with Crippen LogP contribution in [-0.2, 0) is 4.74 Å². The Hall–Kier alpha value is -1.09. The molecule has 2 heterocycles. The lowest BCUT2D eigenvalue weighted by molar-refractivity contribution is 0.0989. The van der Waals surface area contributed by atoms with Crippen molar-refractivity contribution >= 4 is 5.69 Å². The first-order chi connectivity index (χ1) is 6.38. The molecule has 3 heteroatoms. The first-order valence-corrected chi connectivity index (χ1v) is 4.62. The Bertz CT molecular complexity index is 263. The van der Waals surface area contributed by atoms with Crippen molar-refractivity contribution in [2.75, 3.05) is 24.7 Å². The number of morpholine rings is 1. The molecule has 1 aliphatic heterocycles. The van der Waals surface area contributed by atoms with Gasteiger partial charge >= 0.3 is 0 Å². The maximum Gasteiger partial charge on any atom is 0.0668 e. The van der Waals surface area contributed by atoms with E-state index in [1.54, 1.807) is 6.20 Å². The predicted octanol–water partition coefficient (Wildman–Crippen LogP) is 1.31. The highest BCUT2D eigenvalue weighted by atomic mass is 16.5. The lowest BCUT2D eigenvalue weighted by Crippen LogP contribution is -2.43. The molecule has 0 amide bonds. The van der Waals surface area contributed by atoms with Gasteiger partial charge in [-0.3, -0.25) is 4.98 Å². The second-order valence-corrected chi connectivity index (χ2v) is 3.33. The molecule has 1 fully saturated rings. The molecule has 0 saturated carbocycles. The summed E-state index contributed by atoms with van der Waals surface area (Å²) in [5.41, 5.74) is 1.19. The molecular formula is C10H14N2O. The summed E-state index contributed by atoms with van der Waals surface area (Å²) in [7, 11) is 0. The van der Waals surface area contributed by atoms with E-state index in [1.807, 2.05) is 12.3 Å². The van der Waals surface area contributed by atoms with Gasteiger partial charge in [-0.15, -0.1) is 0 Å². The van der Waals surface area contributed by atoms with E-state index in [2.05, 4.69) is 22.9 Å². The van der Waals surface area contributed by atoms with Crippen molar-refractivity contribution in [2.24, 2.45) is 0 Å². The average Bonchev–Trinajstić information content (AvgIpc) is 2.20. The van der Waals surface area contributed by atoms with Crippen LogP contribution in [0.4, 0.5) is 5.69 Å². The van der Waals surface area contributed by atoms with Gasteiger partial charge in [0.25, 0.3) is 0 Å². The number of nitrogens with zero attached hydrogens (tertiary/aromatic N) is 2. The molecule has 1 aromatic heterocycles. The first-order valence-electron chi connectivity index (χ1n) is 4.62. The molecule has 1 aromatic rings. The molecule has 0 aromatic carbocycles. The van der Waals surface area contributed by atoms with Gasteiger partial charge in [0.2, 0.25) is 0 Å². The van der Waals surface area contributed by atoms with Crippen LogP contribution >= 0.6 is 0 Å². The SMILES string of the molecule is CC1COCCN1c1cccnc1. The highest BCUT2D eigenvalue weighted by molar-refractivity contribution is 5.44. The Labute approximate surface area is 78.3 Å². The van der Waals surface area contributed by atoms with Crippen LogP contribution in [0.1, 0.15) is 6.92 Å². The molecule has 1 saturated heterocycles. The molecule has 1 atom stereocenters. The third kappa shape index (κ3) is 1.80. The molecule has 2 rings (SSSR count). The number of hydrogen-bond acceptors (Lipinski definition) is 3. The second-order valence-electron chi connectivity index (χ2n) is 3.33. The smallest absolute Gasteiger partial charge is 0.0668 e. The van der Waals surface area contributed by atoms with Crippen molar-refractivity contribution < 1.29 is 4.74 Å². The molecule has 0 radical (unpaired) electrons. The normalized spacial score (nSPS) is 23.2. The minimum atomic E-state index is 0.456. The monoisotopic (exact) mass is 178 g/mol. The fraction of sp³-hybridized carbons (Fsp3) is 0.500. The number of anilines is 1. The lowest BCUT2D eigenvalue weighted by Gasteiger charge is -2.34. The Morgan fingerprint density at radius 3 is 3.23 bits per heavy atom. The van der Waals surface area contributed by atoms with Gasteiger partial charge in [0.05, 0.1) is 25.1 Å². The van der Waals surface area contributed by atoms with Gasteiger partial charge in [-0.2, -0.15) is 0 Å². The van der Waals surface area contributed by atoms with E-state index in [4.69, 9.17) is 4.74 Å². The van der Waals surface area contributed by atoms with Crippen LogP contribution in [0.5, 0.6) is 0 Å². The van der Waals surface area contributed by atoms with Crippen molar-refractivity contribution in [3.63, 3.8) is 0 Å². The fourth-order valence-electron chi connectivity index (χ4n) is 1.63. The zero-order chi connectivity index (χ0) is 9.10. The van der Waals surface area contributed by atoms with Crippen LogP contribution in [0.15, 0.2) is 24.5 Å². The molecule has 0 aliphatic carbocycles. The summed E-state index contributed by atoms with van der Waals surface area (Å²) < 4.78 is 5.37. The zero-order valence-electron chi connectivity index (χ0n) is 7.81. The predicted molar refractivity (Wildman–Crippen MR) is 51.9 cm³/mol. The maximum absolute atomic E-state index is 5.37. The average molecular weight is 178 g/mol. The Morgan fingerprint density at radius 1 is 1.62 bits per heavy atom. The molecule has 13 heavy (non-hydrogen) atoms. The van der Waals surface area contributed by atoms with E-state index >= 15 is 0 Å². The van der Waals surface area contributed by atoms with Gasteiger partial charge in [-0.25, -0.2) is 0 Å². The van der Waals surface area contributed by atoms with Crippen LogP contribution in [0.2, 0.25) is 0 Å². The van der Waals surface area contributed by atoms with E-state index < -0.39 is 0 Å². The van der Waals surface area contributed by atoms with Crippen LogP contribution in [0.3, 0.4) is 0 Å². The Kier molecular flexibility index (Phi) is 2.45. The van der Waals surface area contributed by atoms with Crippen molar-refractivity contribution in [3.8, 4) is 0 Å².